The Morgan fingerprint density at radius 2 is 2.45 bits per heavy atom. The van der Waals surface area contributed by atoms with E-state index in [1.54, 1.807) is 11.3 Å². The van der Waals surface area contributed by atoms with Gasteiger partial charge in [-0.3, -0.25) is 4.90 Å². The molecule has 1 N–H and O–H groups in total. The van der Waals surface area contributed by atoms with Crippen LogP contribution in [0.25, 0.3) is 10.8 Å². The van der Waals surface area contributed by atoms with E-state index >= 15 is 0 Å². The summed E-state index contributed by atoms with van der Waals surface area (Å²) in [6, 6.07) is 4.04. The van der Waals surface area contributed by atoms with Gasteiger partial charge in [-0.1, -0.05) is 6.07 Å². The summed E-state index contributed by atoms with van der Waals surface area (Å²) in [4.78, 5) is 8.08. The van der Waals surface area contributed by atoms with Crippen molar-refractivity contribution in [1.29, 1.82) is 0 Å². The van der Waals surface area contributed by atoms with Gasteiger partial charge in [-0.15, -0.1) is 11.3 Å². The molecule has 0 radical (unpaired) electrons. The van der Waals surface area contributed by atoms with Crippen LogP contribution in [0.2, 0.25) is 0 Å². The largest absolute Gasteiger partial charge is 0.440 e. The van der Waals surface area contributed by atoms with E-state index in [1.807, 2.05) is 24.4 Å². The summed E-state index contributed by atoms with van der Waals surface area (Å²) in [5.74, 6) is 2.04. The fourth-order valence-electron chi connectivity index (χ4n) is 2.74. The third-order valence-corrected chi connectivity index (χ3v) is 4.72. The van der Waals surface area contributed by atoms with E-state index in [2.05, 4.69) is 9.88 Å². The van der Waals surface area contributed by atoms with E-state index in [0.717, 1.165) is 54.7 Å². The lowest BCUT2D eigenvalue weighted by atomic mass is 9.99. The zero-order valence-corrected chi connectivity index (χ0v) is 12.5. The fourth-order valence-corrected chi connectivity index (χ4v) is 3.39. The van der Waals surface area contributed by atoms with Crippen molar-refractivity contribution in [1.82, 2.24) is 9.88 Å². The molecule has 5 heteroatoms. The minimum absolute atomic E-state index is 0.286. The van der Waals surface area contributed by atoms with Gasteiger partial charge in [0.05, 0.1) is 10.6 Å². The number of thiophene rings is 1. The van der Waals surface area contributed by atoms with Gasteiger partial charge < -0.3 is 9.52 Å². The van der Waals surface area contributed by atoms with E-state index in [-0.39, 0.29) is 6.61 Å². The quantitative estimate of drug-likeness (QED) is 0.941. The summed E-state index contributed by atoms with van der Waals surface area (Å²) in [7, 11) is 0. The normalized spacial score (nSPS) is 20.4. The second-order valence-corrected chi connectivity index (χ2v) is 6.37. The molecule has 2 aromatic rings. The number of aliphatic hydroxyl groups is 1. The highest BCUT2D eigenvalue weighted by atomic mass is 32.1. The molecule has 1 saturated heterocycles. The summed E-state index contributed by atoms with van der Waals surface area (Å²) < 4.78 is 5.78. The standard InChI is InChI=1S/C15H20N2O2S/c1-11-13(9-17-6-2-4-12(8-17)10-18)16-15(19-11)14-5-3-7-20-14/h3,5,7,12,18H,2,4,6,8-10H2,1H3. The molecule has 2 aromatic heterocycles. The van der Waals surface area contributed by atoms with Crippen LogP contribution in [0, 0.1) is 12.8 Å². The van der Waals surface area contributed by atoms with Crippen molar-refractivity contribution < 1.29 is 9.52 Å². The minimum Gasteiger partial charge on any atom is -0.440 e. The molecule has 0 aliphatic carbocycles. The number of hydrogen-bond acceptors (Lipinski definition) is 5. The summed E-state index contributed by atoms with van der Waals surface area (Å²) in [5, 5.41) is 11.3. The highest BCUT2D eigenvalue weighted by Gasteiger charge is 2.21. The molecular formula is C15H20N2O2S. The Bertz CT molecular complexity index is 550. The Labute approximate surface area is 123 Å². The molecule has 1 fully saturated rings. The molecule has 3 heterocycles. The number of aromatic nitrogens is 1. The first-order valence-corrected chi connectivity index (χ1v) is 7.97. The summed E-state index contributed by atoms with van der Waals surface area (Å²) in [6.07, 6.45) is 2.28. The number of oxazole rings is 1. The van der Waals surface area contributed by atoms with Gasteiger partial charge in [-0.25, -0.2) is 4.98 Å². The number of nitrogens with zero attached hydrogens (tertiary/aromatic N) is 2. The lowest BCUT2D eigenvalue weighted by Crippen LogP contribution is -2.36. The molecule has 0 aromatic carbocycles. The van der Waals surface area contributed by atoms with Gasteiger partial charge in [0, 0.05) is 19.7 Å². The average molecular weight is 292 g/mol. The molecule has 3 rings (SSSR count). The van der Waals surface area contributed by atoms with Crippen LogP contribution in [0.3, 0.4) is 0 Å². The van der Waals surface area contributed by atoms with Crippen molar-refractivity contribution in [3.8, 4) is 10.8 Å². The molecule has 1 unspecified atom stereocenters. The third-order valence-electron chi connectivity index (χ3n) is 3.86. The highest BCUT2D eigenvalue weighted by Crippen LogP contribution is 2.27. The van der Waals surface area contributed by atoms with Crippen molar-refractivity contribution in [2.75, 3.05) is 19.7 Å². The van der Waals surface area contributed by atoms with E-state index in [4.69, 9.17) is 4.42 Å². The van der Waals surface area contributed by atoms with Crippen LogP contribution in [-0.2, 0) is 6.54 Å². The van der Waals surface area contributed by atoms with Gasteiger partial charge in [0.2, 0.25) is 5.89 Å². The number of piperidine rings is 1. The topological polar surface area (TPSA) is 49.5 Å². The lowest BCUT2D eigenvalue weighted by molar-refractivity contribution is 0.115. The predicted octanol–water partition coefficient (Wildman–Crippen LogP) is 2.92. The SMILES string of the molecule is Cc1oc(-c2cccs2)nc1CN1CCCC(CO)C1. The van der Waals surface area contributed by atoms with Gasteiger partial charge in [-0.2, -0.15) is 0 Å². The van der Waals surface area contributed by atoms with Gasteiger partial charge >= 0.3 is 0 Å². The Kier molecular flexibility index (Phi) is 4.19. The molecule has 0 spiro atoms. The van der Waals surface area contributed by atoms with Gasteiger partial charge in [-0.05, 0) is 43.7 Å². The van der Waals surface area contributed by atoms with Crippen LogP contribution in [-0.4, -0.2) is 34.7 Å². The zero-order chi connectivity index (χ0) is 13.9. The van der Waals surface area contributed by atoms with E-state index in [0.29, 0.717) is 5.92 Å². The van der Waals surface area contributed by atoms with E-state index in [9.17, 15) is 5.11 Å². The van der Waals surface area contributed by atoms with Gasteiger partial charge in [0.15, 0.2) is 0 Å². The zero-order valence-electron chi connectivity index (χ0n) is 11.7. The molecule has 1 aliphatic rings. The Morgan fingerprint density at radius 1 is 1.55 bits per heavy atom. The number of hydrogen-bond donors (Lipinski definition) is 1. The smallest absolute Gasteiger partial charge is 0.236 e. The second kappa shape index (κ2) is 6.08. The fraction of sp³-hybridized carbons (Fsp3) is 0.533. The van der Waals surface area contributed by atoms with Crippen molar-refractivity contribution in [3.63, 3.8) is 0 Å². The van der Waals surface area contributed by atoms with Crippen LogP contribution < -0.4 is 0 Å². The molecular weight excluding hydrogens is 272 g/mol. The monoisotopic (exact) mass is 292 g/mol. The molecule has 1 atom stereocenters. The molecule has 108 valence electrons. The minimum atomic E-state index is 0.286. The molecule has 0 bridgehead atoms. The van der Waals surface area contributed by atoms with Crippen LogP contribution in [0.1, 0.15) is 24.3 Å². The number of aryl methyl sites for hydroxylation is 1. The molecule has 0 saturated carbocycles. The maximum Gasteiger partial charge on any atom is 0.236 e. The van der Waals surface area contributed by atoms with E-state index < -0.39 is 0 Å². The second-order valence-electron chi connectivity index (χ2n) is 5.43. The third kappa shape index (κ3) is 2.95. The molecule has 20 heavy (non-hydrogen) atoms. The summed E-state index contributed by atoms with van der Waals surface area (Å²) in [5.41, 5.74) is 1.02. The average Bonchev–Trinajstić information content (AvgIpc) is 3.10. The predicted molar refractivity (Wildman–Crippen MR) is 79.6 cm³/mol. The molecule has 0 amide bonds. The number of rotatable bonds is 4. The van der Waals surface area contributed by atoms with Crippen molar-refractivity contribution in [3.05, 3.63) is 29.0 Å². The lowest BCUT2D eigenvalue weighted by Gasteiger charge is -2.31. The maximum atomic E-state index is 9.30. The van der Waals surface area contributed by atoms with Crippen LogP contribution in [0.15, 0.2) is 21.9 Å². The Hall–Kier alpha value is -1.17. The Morgan fingerprint density at radius 3 is 3.20 bits per heavy atom. The first-order valence-electron chi connectivity index (χ1n) is 7.09. The first-order chi connectivity index (χ1) is 9.76. The summed E-state index contributed by atoms with van der Waals surface area (Å²) >= 11 is 1.65. The van der Waals surface area contributed by atoms with Crippen LogP contribution >= 0.6 is 11.3 Å². The maximum absolute atomic E-state index is 9.30. The van der Waals surface area contributed by atoms with Crippen LogP contribution in [0.5, 0.6) is 0 Å². The van der Waals surface area contributed by atoms with E-state index in [1.165, 1.54) is 0 Å². The molecule has 1 aliphatic heterocycles. The van der Waals surface area contributed by atoms with Gasteiger partial charge in [0.25, 0.3) is 0 Å². The van der Waals surface area contributed by atoms with Crippen molar-refractivity contribution >= 4 is 11.3 Å². The molecule has 4 nitrogen and oxygen atoms in total. The van der Waals surface area contributed by atoms with Gasteiger partial charge in [0.1, 0.15) is 5.76 Å². The highest BCUT2D eigenvalue weighted by molar-refractivity contribution is 7.13. The Balaban J connectivity index is 1.71. The summed E-state index contributed by atoms with van der Waals surface area (Å²) in [6.45, 7) is 5.12. The van der Waals surface area contributed by atoms with Crippen molar-refractivity contribution in [2.24, 2.45) is 5.92 Å². The van der Waals surface area contributed by atoms with Crippen molar-refractivity contribution in [2.45, 2.75) is 26.3 Å². The first kappa shape index (κ1) is 13.8. The number of likely N-dealkylation sites (tertiary alicyclic amines) is 1. The van der Waals surface area contributed by atoms with Crippen LogP contribution in [0.4, 0.5) is 0 Å². The number of aliphatic hydroxyl groups excluding tert-OH is 1.